The van der Waals surface area contributed by atoms with Crippen LogP contribution in [0.4, 0.5) is 22.0 Å². The summed E-state index contributed by atoms with van der Waals surface area (Å²) >= 11 is 4.75. The number of ketones is 1. The van der Waals surface area contributed by atoms with Gasteiger partial charge in [-0.3, -0.25) is 4.79 Å². The Morgan fingerprint density at radius 2 is 1.95 bits per heavy atom. The second kappa shape index (κ2) is 6.56. The summed E-state index contributed by atoms with van der Waals surface area (Å²) in [6.07, 6.45) is -3.18. The third-order valence-corrected chi connectivity index (χ3v) is 3.24. The minimum atomic E-state index is -4.61. The predicted octanol–water partition coefficient (Wildman–Crippen LogP) is 4.59. The Labute approximate surface area is 115 Å². The average Bonchev–Trinajstić information content (AvgIpc) is 2.29. The van der Waals surface area contributed by atoms with Crippen molar-refractivity contribution in [2.75, 3.05) is 5.88 Å². The van der Waals surface area contributed by atoms with E-state index in [9.17, 15) is 26.7 Å². The maximum Gasteiger partial charge on any atom is 0.446 e. The maximum absolute atomic E-state index is 12.5. The SMILES string of the molecule is O=C(CCl)Cc1ccc(C(F)F)cc1SC(F)(F)F. The second-order valence-corrected chi connectivity index (χ2v) is 4.94. The van der Waals surface area contributed by atoms with Crippen molar-refractivity contribution in [2.24, 2.45) is 0 Å². The first-order chi connectivity index (χ1) is 8.73. The molecule has 0 aliphatic carbocycles. The van der Waals surface area contributed by atoms with E-state index in [-0.39, 0.29) is 17.9 Å². The van der Waals surface area contributed by atoms with Gasteiger partial charge in [-0.25, -0.2) is 8.78 Å². The smallest absolute Gasteiger partial charge is 0.298 e. The van der Waals surface area contributed by atoms with Crippen LogP contribution in [0.5, 0.6) is 0 Å². The minimum Gasteiger partial charge on any atom is -0.298 e. The Balaban J connectivity index is 3.11. The molecule has 0 unspecified atom stereocenters. The Bertz CT molecular complexity index is 461. The van der Waals surface area contributed by atoms with Gasteiger partial charge in [-0.1, -0.05) is 12.1 Å². The predicted molar refractivity (Wildman–Crippen MR) is 62.7 cm³/mol. The van der Waals surface area contributed by atoms with E-state index in [0.717, 1.165) is 18.2 Å². The van der Waals surface area contributed by atoms with Crippen molar-refractivity contribution in [3.05, 3.63) is 29.3 Å². The van der Waals surface area contributed by atoms with Crippen LogP contribution in [0.1, 0.15) is 17.6 Å². The van der Waals surface area contributed by atoms with Gasteiger partial charge in [-0.05, 0) is 23.4 Å². The van der Waals surface area contributed by atoms with Crippen LogP contribution in [0, 0.1) is 0 Å². The van der Waals surface area contributed by atoms with Gasteiger partial charge in [0.15, 0.2) is 5.78 Å². The summed E-state index contributed by atoms with van der Waals surface area (Å²) in [5, 5.41) is 0. The summed E-state index contributed by atoms with van der Waals surface area (Å²) in [7, 11) is 0. The van der Waals surface area contributed by atoms with E-state index in [1.807, 2.05) is 0 Å². The third kappa shape index (κ3) is 5.36. The molecule has 1 rings (SSSR count). The molecule has 0 aliphatic rings. The number of carbonyl (C=O) groups excluding carboxylic acids is 1. The number of rotatable bonds is 5. The van der Waals surface area contributed by atoms with Gasteiger partial charge in [0.1, 0.15) is 0 Å². The fraction of sp³-hybridized carbons (Fsp3) is 0.364. The van der Waals surface area contributed by atoms with Crippen molar-refractivity contribution < 1.29 is 26.7 Å². The molecule has 0 fully saturated rings. The van der Waals surface area contributed by atoms with Gasteiger partial charge >= 0.3 is 5.51 Å². The van der Waals surface area contributed by atoms with Gasteiger partial charge in [-0.2, -0.15) is 13.2 Å². The number of carbonyl (C=O) groups is 1. The van der Waals surface area contributed by atoms with Crippen LogP contribution in [0.2, 0.25) is 0 Å². The molecule has 1 nitrogen and oxygen atoms in total. The normalized spacial score (nSPS) is 11.9. The second-order valence-electron chi connectivity index (χ2n) is 3.56. The molecule has 0 N–H and O–H groups in total. The first-order valence-corrected chi connectivity index (χ1v) is 6.32. The Kier molecular flexibility index (Phi) is 5.61. The van der Waals surface area contributed by atoms with E-state index in [4.69, 9.17) is 11.6 Å². The molecule has 0 bridgehead atoms. The largest absolute Gasteiger partial charge is 0.446 e. The fourth-order valence-corrected chi connectivity index (χ4v) is 2.14. The molecule has 0 saturated carbocycles. The molecule has 0 saturated heterocycles. The van der Waals surface area contributed by atoms with Crippen LogP contribution in [0.15, 0.2) is 23.1 Å². The number of benzene rings is 1. The van der Waals surface area contributed by atoms with E-state index >= 15 is 0 Å². The van der Waals surface area contributed by atoms with Crippen LogP contribution in [0.25, 0.3) is 0 Å². The topological polar surface area (TPSA) is 17.1 Å². The van der Waals surface area contributed by atoms with E-state index < -0.39 is 39.9 Å². The number of Topliss-reactive ketones (excluding diaryl/α,β-unsaturated/α-hetero) is 1. The lowest BCUT2D eigenvalue weighted by molar-refractivity contribution is -0.116. The van der Waals surface area contributed by atoms with Gasteiger partial charge in [0, 0.05) is 16.9 Å². The highest BCUT2D eigenvalue weighted by molar-refractivity contribution is 8.00. The molecule has 19 heavy (non-hydrogen) atoms. The molecule has 1 aromatic carbocycles. The van der Waals surface area contributed by atoms with Gasteiger partial charge in [0.25, 0.3) is 6.43 Å². The van der Waals surface area contributed by atoms with E-state index in [2.05, 4.69) is 0 Å². The van der Waals surface area contributed by atoms with Gasteiger partial charge < -0.3 is 0 Å². The van der Waals surface area contributed by atoms with Crippen LogP contribution >= 0.6 is 23.4 Å². The molecular weight excluding hydrogens is 311 g/mol. The summed E-state index contributed by atoms with van der Waals surface area (Å²) < 4.78 is 61.9. The maximum atomic E-state index is 12.5. The highest BCUT2D eigenvalue weighted by Gasteiger charge is 2.31. The number of thioether (sulfide) groups is 1. The standard InChI is InChI=1S/C11H8ClF5OS/c12-5-8(18)3-6-1-2-7(10(13)14)4-9(6)19-11(15,16)17/h1-2,4,10H,3,5H2. The van der Waals surface area contributed by atoms with Gasteiger partial charge in [-0.15, -0.1) is 11.6 Å². The quantitative estimate of drug-likeness (QED) is 0.449. The lowest BCUT2D eigenvalue weighted by atomic mass is 10.1. The highest BCUT2D eigenvalue weighted by atomic mass is 35.5. The van der Waals surface area contributed by atoms with Crippen LogP contribution < -0.4 is 0 Å². The van der Waals surface area contributed by atoms with Crippen LogP contribution in [0.3, 0.4) is 0 Å². The van der Waals surface area contributed by atoms with Crippen molar-refractivity contribution in [1.29, 1.82) is 0 Å². The van der Waals surface area contributed by atoms with E-state index in [1.54, 1.807) is 0 Å². The number of hydrogen-bond donors (Lipinski definition) is 0. The molecule has 1 aromatic rings. The number of alkyl halides is 6. The van der Waals surface area contributed by atoms with E-state index in [0.29, 0.717) is 0 Å². The fourth-order valence-electron chi connectivity index (χ4n) is 1.33. The summed E-state index contributed by atoms with van der Waals surface area (Å²) in [6.45, 7) is 0. The third-order valence-electron chi connectivity index (χ3n) is 2.11. The summed E-state index contributed by atoms with van der Waals surface area (Å²) in [5.74, 6) is -0.817. The molecule has 0 radical (unpaired) electrons. The van der Waals surface area contributed by atoms with E-state index in [1.165, 1.54) is 0 Å². The van der Waals surface area contributed by atoms with Crippen molar-refractivity contribution in [1.82, 2.24) is 0 Å². The average molecular weight is 319 g/mol. The molecular formula is C11H8ClF5OS. The van der Waals surface area contributed by atoms with Crippen molar-refractivity contribution >= 4 is 29.1 Å². The van der Waals surface area contributed by atoms with Gasteiger partial charge in [0.05, 0.1) is 5.88 Å². The first-order valence-electron chi connectivity index (χ1n) is 4.97. The lowest BCUT2D eigenvalue weighted by Crippen LogP contribution is -2.07. The molecule has 8 heteroatoms. The molecule has 106 valence electrons. The summed E-state index contributed by atoms with van der Waals surface area (Å²) in [4.78, 5) is 10.7. The summed E-state index contributed by atoms with van der Waals surface area (Å²) in [6, 6.07) is 2.85. The summed E-state index contributed by atoms with van der Waals surface area (Å²) in [5.41, 5.74) is -5.09. The first kappa shape index (κ1) is 16.2. The monoisotopic (exact) mass is 318 g/mol. The molecule has 0 heterocycles. The number of hydrogen-bond acceptors (Lipinski definition) is 2. The molecule has 0 aliphatic heterocycles. The van der Waals surface area contributed by atoms with Crippen molar-refractivity contribution in [3.63, 3.8) is 0 Å². The Hall–Kier alpha value is -0.820. The molecule has 0 atom stereocenters. The Morgan fingerprint density at radius 1 is 1.32 bits per heavy atom. The minimum absolute atomic E-state index is 0.0392. The zero-order chi connectivity index (χ0) is 14.6. The van der Waals surface area contributed by atoms with Crippen LogP contribution in [-0.4, -0.2) is 17.2 Å². The van der Waals surface area contributed by atoms with Crippen molar-refractivity contribution in [3.8, 4) is 0 Å². The zero-order valence-electron chi connectivity index (χ0n) is 9.31. The Morgan fingerprint density at radius 3 is 2.42 bits per heavy atom. The lowest BCUT2D eigenvalue weighted by Gasteiger charge is -2.12. The van der Waals surface area contributed by atoms with Gasteiger partial charge in [0.2, 0.25) is 0 Å². The van der Waals surface area contributed by atoms with Crippen molar-refractivity contribution in [2.45, 2.75) is 23.3 Å². The zero-order valence-corrected chi connectivity index (χ0v) is 10.9. The highest BCUT2D eigenvalue weighted by Crippen LogP contribution is 2.40. The van der Waals surface area contributed by atoms with Crippen LogP contribution in [-0.2, 0) is 11.2 Å². The molecule has 0 spiro atoms. The molecule has 0 amide bonds. The molecule has 0 aromatic heterocycles. The number of halogens is 6.